The first-order chi connectivity index (χ1) is 7.72. The Morgan fingerprint density at radius 1 is 1.62 bits per heavy atom. The van der Waals surface area contributed by atoms with Crippen LogP contribution in [0.5, 0.6) is 0 Å². The minimum atomic E-state index is 0.228. The Kier molecular flexibility index (Phi) is 3.42. The van der Waals surface area contributed by atoms with Crippen molar-refractivity contribution in [3.8, 4) is 0 Å². The molecule has 1 aromatic rings. The molecule has 1 saturated carbocycles. The van der Waals surface area contributed by atoms with Crippen molar-refractivity contribution >= 4 is 5.78 Å². The van der Waals surface area contributed by atoms with E-state index in [0.29, 0.717) is 18.1 Å². The molecule has 1 aliphatic carbocycles. The van der Waals surface area contributed by atoms with E-state index in [0.717, 1.165) is 18.8 Å². The third-order valence-electron chi connectivity index (χ3n) is 3.44. The van der Waals surface area contributed by atoms with E-state index in [-0.39, 0.29) is 5.92 Å². The number of aromatic nitrogens is 2. The predicted octanol–water partition coefficient (Wildman–Crippen LogP) is 2.45. The SMILES string of the molecule is CCCn1ccnc1CC(=O)C(C)C1CC1. The fourth-order valence-corrected chi connectivity index (χ4v) is 2.13. The fourth-order valence-electron chi connectivity index (χ4n) is 2.13. The summed E-state index contributed by atoms with van der Waals surface area (Å²) in [6, 6.07) is 0. The second-order valence-electron chi connectivity index (χ2n) is 4.81. The predicted molar refractivity (Wildman–Crippen MR) is 63.1 cm³/mol. The molecule has 88 valence electrons. The molecule has 0 aromatic carbocycles. The zero-order valence-electron chi connectivity index (χ0n) is 10.1. The number of hydrogen-bond donors (Lipinski definition) is 0. The molecule has 1 fully saturated rings. The number of nitrogens with zero attached hydrogens (tertiary/aromatic N) is 2. The van der Waals surface area contributed by atoms with Crippen LogP contribution in [0, 0.1) is 11.8 Å². The number of carbonyl (C=O) groups excluding carboxylic acids is 1. The second kappa shape index (κ2) is 4.81. The molecule has 0 amide bonds. The first kappa shape index (κ1) is 11.4. The lowest BCUT2D eigenvalue weighted by Gasteiger charge is -2.10. The molecule has 0 radical (unpaired) electrons. The summed E-state index contributed by atoms with van der Waals surface area (Å²) in [5, 5.41) is 0. The molecular weight excluding hydrogens is 200 g/mol. The Hall–Kier alpha value is -1.12. The lowest BCUT2D eigenvalue weighted by molar-refractivity contribution is -0.122. The van der Waals surface area contributed by atoms with Gasteiger partial charge in [0.15, 0.2) is 0 Å². The summed E-state index contributed by atoms with van der Waals surface area (Å²) in [5.74, 6) is 2.17. The molecule has 2 rings (SSSR count). The van der Waals surface area contributed by atoms with E-state index >= 15 is 0 Å². The van der Waals surface area contributed by atoms with E-state index in [9.17, 15) is 4.79 Å². The number of ketones is 1. The van der Waals surface area contributed by atoms with Gasteiger partial charge in [0.05, 0.1) is 6.42 Å². The summed E-state index contributed by atoms with van der Waals surface area (Å²) in [6.45, 7) is 5.16. The molecule has 0 N–H and O–H groups in total. The maximum atomic E-state index is 12.0. The van der Waals surface area contributed by atoms with Crippen LogP contribution in [0.1, 0.15) is 38.9 Å². The summed E-state index contributed by atoms with van der Waals surface area (Å²) in [7, 11) is 0. The van der Waals surface area contributed by atoms with Crippen LogP contribution in [0.2, 0.25) is 0 Å². The first-order valence-corrected chi connectivity index (χ1v) is 6.25. The Morgan fingerprint density at radius 2 is 2.38 bits per heavy atom. The molecule has 0 saturated heterocycles. The van der Waals surface area contributed by atoms with Gasteiger partial charge in [-0.1, -0.05) is 13.8 Å². The summed E-state index contributed by atoms with van der Waals surface area (Å²) in [5.41, 5.74) is 0. The van der Waals surface area contributed by atoms with E-state index in [1.807, 2.05) is 6.20 Å². The van der Waals surface area contributed by atoms with Crippen molar-refractivity contribution in [1.82, 2.24) is 9.55 Å². The Bertz CT molecular complexity index is 366. The fraction of sp³-hybridized carbons (Fsp3) is 0.692. The zero-order valence-corrected chi connectivity index (χ0v) is 10.1. The van der Waals surface area contributed by atoms with E-state index in [1.54, 1.807) is 6.20 Å². The van der Waals surface area contributed by atoms with Crippen molar-refractivity contribution < 1.29 is 4.79 Å². The number of aryl methyl sites for hydroxylation is 1. The zero-order chi connectivity index (χ0) is 11.5. The van der Waals surface area contributed by atoms with Crippen LogP contribution < -0.4 is 0 Å². The van der Waals surface area contributed by atoms with Gasteiger partial charge in [-0.25, -0.2) is 4.98 Å². The van der Waals surface area contributed by atoms with Gasteiger partial charge in [0.2, 0.25) is 0 Å². The third kappa shape index (κ3) is 2.52. The molecule has 1 unspecified atom stereocenters. The highest BCUT2D eigenvalue weighted by Crippen LogP contribution is 2.37. The largest absolute Gasteiger partial charge is 0.335 e. The van der Waals surface area contributed by atoms with Crippen LogP contribution in [0.4, 0.5) is 0 Å². The normalized spacial score (nSPS) is 17.4. The van der Waals surface area contributed by atoms with Gasteiger partial charge in [-0.05, 0) is 25.2 Å². The van der Waals surface area contributed by atoms with Gasteiger partial charge in [0, 0.05) is 24.9 Å². The highest BCUT2D eigenvalue weighted by Gasteiger charge is 2.32. The quantitative estimate of drug-likeness (QED) is 0.738. The summed E-state index contributed by atoms with van der Waals surface area (Å²) in [4.78, 5) is 16.3. The molecule has 3 heteroatoms. The first-order valence-electron chi connectivity index (χ1n) is 6.25. The number of hydrogen-bond acceptors (Lipinski definition) is 2. The second-order valence-corrected chi connectivity index (χ2v) is 4.81. The Morgan fingerprint density at radius 3 is 3.00 bits per heavy atom. The number of carbonyl (C=O) groups is 1. The molecule has 0 aliphatic heterocycles. The molecule has 1 aliphatic rings. The highest BCUT2D eigenvalue weighted by molar-refractivity contribution is 5.82. The maximum absolute atomic E-state index is 12.0. The molecular formula is C13H20N2O. The lowest BCUT2D eigenvalue weighted by Crippen LogP contribution is -2.18. The minimum Gasteiger partial charge on any atom is -0.335 e. The average molecular weight is 220 g/mol. The molecule has 1 atom stereocenters. The van der Waals surface area contributed by atoms with Gasteiger partial charge in [0.25, 0.3) is 0 Å². The van der Waals surface area contributed by atoms with Gasteiger partial charge in [0.1, 0.15) is 11.6 Å². The monoisotopic (exact) mass is 220 g/mol. The summed E-state index contributed by atoms with van der Waals surface area (Å²) < 4.78 is 2.09. The minimum absolute atomic E-state index is 0.228. The van der Waals surface area contributed by atoms with Gasteiger partial charge in [-0.2, -0.15) is 0 Å². The average Bonchev–Trinajstić information content (AvgIpc) is 3.03. The van der Waals surface area contributed by atoms with Crippen LogP contribution >= 0.6 is 0 Å². The van der Waals surface area contributed by atoms with Crippen molar-refractivity contribution in [2.75, 3.05) is 0 Å². The molecule has 0 bridgehead atoms. The number of imidazole rings is 1. The van der Waals surface area contributed by atoms with Gasteiger partial charge in [-0.3, -0.25) is 4.79 Å². The van der Waals surface area contributed by atoms with Gasteiger partial charge in [-0.15, -0.1) is 0 Å². The molecule has 1 heterocycles. The third-order valence-corrected chi connectivity index (χ3v) is 3.44. The summed E-state index contributed by atoms with van der Waals surface area (Å²) in [6.07, 6.45) is 7.81. The maximum Gasteiger partial charge on any atom is 0.143 e. The van der Waals surface area contributed by atoms with Crippen molar-refractivity contribution in [3.05, 3.63) is 18.2 Å². The van der Waals surface area contributed by atoms with Crippen molar-refractivity contribution in [3.63, 3.8) is 0 Å². The Balaban J connectivity index is 1.96. The highest BCUT2D eigenvalue weighted by atomic mass is 16.1. The smallest absolute Gasteiger partial charge is 0.143 e. The molecule has 16 heavy (non-hydrogen) atoms. The van der Waals surface area contributed by atoms with Crippen LogP contribution in [0.15, 0.2) is 12.4 Å². The topological polar surface area (TPSA) is 34.9 Å². The standard InChI is InChI=1S/C13H20N2O/c1-3-7-15-8-6-14-13(15)9-12(16)10(2)11-4-5-11/h6,8,10-11H,3-5,7,9H2,1-2H3. The lowest BCUT2D eigenvalue weighted by atomic mass is 9.98. The van der Waals surface area contributed by atoms with Gasteiger partial charge < -0.3 is 4.57 Å². The van der Waals surface area contributed by atoms with Crippen LogP contribution in [0.25, 0.3) is 0 Å². The van der Waals surface area contributed by atoms with Gasteiger partial charge >= 0.3 is 0 Å². The van der Waals surface area contributed by atoms with Crippen molar-refractivity contribution in [2.45, 2.75) is 46.1 Å². The van der Waals surface area contributed by atoms with E-state index < -0.39 is 0 Å². The van der Waals surface area contributed by atoms with Crippen molar-refractivity contribution in [1.29, 1.82) is 0 Å². The number of Topliss-reactive ketones (excluding diaryl/α,β-unsaturated/α-hetero) is 1. The van der Waals surface area contributed by atoms with Crippen molar-refractivity contribution in [2.24, 2.45) is 11.8 Å². The molecule has 0 spiro atoms. The molecule has 3 nitrogen and oxygen atoms in total. The summed E-state index contributed by atoms with van der Waals surface area (Å²) >= 11 is 0. The van der Waals surface area contributed by atoms with Crippen LogP contribution in [0.3, 0.4) is 0 Å². The Labute approximate surface area is 96.9 Å². The van der Waals surface area contributed by atoms with E-state index in [2.05, 4.69) is 23.4 Å². The van der Waals surface area contributed by atoms with Crippen LogP contribution in [-0.2, 0) is 17.8 Å². The number of rotatable bonds is 6. The molecule has 1 aromatic heterocycles. The van der Waals surface area contributed by atoms with E-state index in [4.69, 9.17) is 0 Å². The van der Waals surface area contributed by atoms with Crippen LogP contribution in [-0.4, -0.2) is 15.3 Å². The van der Waals surface area contributed by atoms with E-state index in [1.165, 1.54) is 12.8 Å².